The van der Waals surface area contributed by atoms with Gasteiger partial charge in [0.2, 0.25) is 5.91 Å². The Morgan fingerprint density at radius 3 is 2.91 bits per heavy atom. The van der Waals surface area contributed by atoms with Gasteiger partial charge < -0.3 is 15.2 Å². The number of carbonyl (C=O) groups excluding carboxylic acids is 1. The molecule has 2 heterocycles. The smallest absolute Gasteiger partial charge is 0.356 e. The minimum absolute atomic E-state index is 0.107. The van der Waals surface area contributed by atoms with E-state index >= 15 is 0 Å². The van der Waals surface area contributed by atoms with Crippen molar-refractivity contribution >= 4 is 17.6 Å². The number of amides is 1. The molecule has 9 heteroatoms. The third-order valence-corrected chi connectivity index (χ3v) is 2.93. The number of hydrogen-bond acceptors (Lipinski definition) is 5. The molecule has 1 amide bonds. The molecule has 0 aliphatic heterocycles. The van der Waals surface area contributed by atoms with Crippen molar-refractivity contribution in [3.8, 4) is 0 Å². The average molecular weight is 307 g/mol. The van der Waals surface area contributed by atoms with Crippen LogP contribution in [0.1, 0.15) is 30.4 Å². The van der Waals surface area contributed by atoms with Crippen LogP contribution in [0.2, 0.25) is 0 Å². The molecule has 0 fully saturated rings. The molecule has 0 spiro atoms. The quantitative estimate of drug-likeness (QED) is 0.788. The SMILES string of the molecule is CCOCn1cc(NC(=O)C(C)n2ccc(C(=O)O)n2)cn1. The molecule has 118 valence electrons. The normalized spacial score (nSPS) is 12.1. The number of hydrogen-bond donors (Lipinski definition) is 2. The molecule has 2 rings (SSSR count). The summed E-state index contributed by atoms with van der Waals surface area (Å²) in [6.07, 6.45) is 4.60. The number of carboxylic acids is 1. The molecule has 0 aromatic carbocycles. The molecule has 0 bridgehead atoms. The number of carboxylic acid groups (broad SMARTS) is 1. The molecule has 1 atom stereocenters. The van der Waals surface area contributed by atoms with Crippen LogP contribution in [0.3, 0.4) is 0 Å². The number of carbonyl (C=O) groups is 2. The molecule has 0 aliphatic rings. The fourth-order valence-corrected chi connectivity index (χ4v) is 1.72. The van der Waals surface area contributed by atoms with Crippen molar-refractivity contribution in [3.63, 3.8) is 0 Å². The Labute approximate surface area is 126 Å². The van der Waals surface area contributed by atoms with Crippen molar-refractivity contribution in [2.45, 2.75) is 26.6 Å². The molecule has 2 N–H and O–H groups in total. The Morgan fingerprint density at radius 1 is 1.50 bits per heavy atom. The third-order valence-electron chi connectivity index (χ3n) is 2.93. The number of ether oxygens (including phenoxy) is 1. The summed E-state index contributed by atoms with van der Waals surface area (Å²) < 4.78 is 8.05. The van der Waals surface area contributed by atoms with E-state index in [1.807, 2.05) is 6.92 Å². The lowest BCUT2D eigenvalue weighted by Gasteiger charge is -2.11. The second-order valence-electron chi connectivity index (χ2n) is 4.54. The Kier molecular flexibility index (Phi) is 4.89. The predicted octanol–water partition coefficient (Wildman–Crippen LogP) is 0.971. The molecule has 0 saturated carbocycles. The first-order valence-corrected chi connectivity index (χ1v) is 6.70. The van der Waals surface area contributed by atoms with Crippen molar-refractivity contribution in [1.82, 2.24) is 19.6 Å². The molecule has 9 nitrogen and oxygen atoms in total. The third kappa shape index (κ3) is 3.70. The van der Waals surface area contributed by atoms with Crippen LogP contribution >= 0.6 is 0 Å². The zero-order chi connectivity index (χ0) is 16.1. The molecule has 2 aromatic rings. The van der Waals surface area contributed by atoms with Crippen molar-refractivity contribution in [1.29, 1.82) is 0 Å². The first-order chi connectivity index (χ1) is 10.5. The largest absolute Gasteiger partial charge is 0.476 e. The van der Waals surface area contributed by atoms with Crippen LogP contribution in [0.15, 0.2) is 24.7 Å². The Morgan fingerprint density at radius 2 is 2.27 bits per heavy atom. The molecule has 0 radical (unpaired) electrons. The summed E-state index contributed by atoms with van der Waals surface area (Å²) in [5.41, 5.74) is 0.423. The fraction of sp³-hybridized carbons (Fsp3) is 0.385. The molecular formula is C13H17N5O4. The molecule has 1 unspecified atom stereocenters. The van der Waals surface area contributed by atoms with Gasteiger partial charge in [-0.2, -0.15) is 10.2 Å². The zero-order valence-corrected chi connectivity index (χ0v) is 12.3. The second-order valence-corrected chi connectivity index (χ2v) is 4.54. The van der Waals surface area contributed by atoms with Crippen LogP contribution < -0.4 is 5.32 Å². The van der Waals surface area contributed by atoms with Gasteiger partial charge in [0.1, 0.15) is 12.8 Å². The van der Waals surface area contributed by atoms with Gasteiger partial charge >= 0.3 is 5.97 Å². The molecule has 0 aliphatic carbocycles. The summed E-state index contributed by atoms with van der Waals surface area (Å²) in [5.74, 6) is -1.46. The summed E-state index contributed by atoms with van der Waals surface area (Å²) in [5, 5.41) is 19.4. The topological polar surface area (TPSA) is 111 Å². The highest BCUT2D eigenvalue weighted by molar-refractivity contribution is 5.93. The van der Waals surface area contributed by atoms with Gasteiger partial charge in [0, 0.05) is 12.8 Å². The summed E-state index contributed by atoms with van der Waals surface area (Å²) in [6.45, 7) is 4.38. The lowest BCUT2D eigenvalue weighted by atomic mass is 10.3. The summed E-state index contributed by atoms with van der Waals surface area (Å²) >= 11 is 0. The van der Waals surface area contributed by atoms with Gasteiger partial charge in [-0.25, -0.2) is 9.48 Å². The van der Waals surface area contributed by atoms with Crippen LogP contribution in [0.4, 0.5) is 5.69 Å². The minimum atomic E-state index is -1.14. The number of aromatic nitrogens is 4. The molecule has 0 saturated heterocycles. The Balaban J connectivity index is 1.98. The van der Waals surface area contributed by atoms with Crippen LogP contribution in [0.5, 0.6) is 0 Å². The Hall–Kier alpha value is -2.68. The molecule has 22 heavy (non-hydrogen) atoms. The van der Waals surface area contributed by atoms with E-state index in [9.17, 15) is 9.59 Å². The van der Waals surface area contributed by atoms with Crippen molar-refractivity contribution in [2.24, 2.45) is 0 Å². The highest BCUT2D eigenvalue weighted by Crippen LogP contribution is 2.11. The highest BCUT2D eigenvalue weighted by atomic mass is 16.5. The van der Waals surface area contributed by atoms with Gasteiger partial charge in [-0.05, 0) is 19.9 Å². The summed E-state index contributed by atoms with van der Waals surface area (Å²) in [4.78, 5) is 22.9. The monoisotopic (exact) mass is 307 g/mol. The van der Waals surface area contributed by atoms with E-state index in [0.29, 0.717) is 19.0 Å². The standard InChI is InChI=1S/C13H17N5O4/c1-3-22-8-17-7-10(6-14-17)15-12(19)9(2)18-5-4-11(16-18)13(20)21/h4-7,9H,3,8H2,1-2H3,(H,15,19)(H,20,21). The van der Waals surface area contributed by atoms with Gasteiger partial charge in [0.25, 0.3) is 0 Å². The van der Waals surface area contributed by atoms with Crippen molar-refractivity contribution in [3.05, 3.63) is 30.4 Å². The summed E-state index contributed by atoms with van der Waals surface area (Å²) in [6, 6.07) is 0.690. The highest BCUT2D eigenvalue weighted by Gasteiger charge is 2.18. The number of aromatic carboxylic acids is 1. The first-order valence-electron chi connectivity index (χ1n) is 6.70. The zero-order valence-electron chi connectivity index (χ0n) is 12.3. The van der Waals surface area contributed by atoms with Gasteiger partial charge in [0.05, 0.1) is 18.1 Å². The second kappa shape index (κ2) is 6.85. The van der Waals surface area contributed by atoms with E-state index in [4.69, 9.17) is 9.84 Å². The number of anilines is 1. The minimum Gasteiger partial charge on any atom is -0.476 e. The fourth-order valence-electron chi connectivity index (χ4n) is 1.72. The lowest BCUT2D eigenvalue weighted by molar-refractivity contribution is -0.119. The summed E-state index contributed by atoms with van der Waals surface area (Å²) in [7, 11) is 0. The van der Waals surface area contributed by atoms with Crippen LogP contribution in [-0.4, -0.2) is 43.2 Å². The average Bonchev–Trinajstić information content (AvgIpc) is 3.13. The van der Waals surface area contributed by atoms with Crippen molar-refractivity contribution in [2.75, 3.05) is 11.9 Å². The Bertz CT molecular complexity index is 663. The van der Waals surface area contributed by atoms with Gasteiger partial charge in [-0.15, -0.1) is 0 Å². The maximum atomic E-state index is 12.1. The van der Waals surface area contributed by atoms with Gasteiger partial charge in [-0.3, -0.25) is 9.48 Å². The van der Waals surface area contributed by atoms with Gasteiger partial charge in [-0.1, -0.05) is 0 Å². The van der Waals surface area contributed by atoms with Gasteiger partial charge in [0.15, 0.2) is 5.69 Å². The molecular weight excluding hydrogens is 290 g/mol. The van der Waals surface area contributed by atoms with E-state index in [0.717, 1.165) is 0 Å². The van der Waals surface area contributed by atoms with Crippen LogP contribution in [0, 0.1) is 0 Å². The van der Waals surface area contributed by atoms with Crippen LogP contribution in [0.25, 0.3) is 0 Å². The molecule has 2 aromatic heterocycles. The lowest BCUT2D eigenvalue weighted by Crippen LogP contribution is -2.24. The van der Waals surface area contributed by atoms with E-state index in [1.54, 1.807) is 17.8 Å². The van der Waals surface area contributed by atoms with Crippen molar-refractivity contribution < 1.29 is 19.4 Å². The van der Waals surface area contributed by atoms with E-state index in [2.05, 4.69) is 15.5 Å². The van der Waals surface area contributed by atoms with E-state index < -0.39 is 12.0 Å². The maximum absolute atomic E-state index is 12.1. The number of nitrogens with zero attached hydrogens (tertiary/aromatic N) is 4. The first kappa shape index (κ1) is 15.7. The van der Waals surface area contributed by atoms with E-state index in [1.165, 1.54) is 23.1 Å². The maximum Gasteiger partial charge on any atom is 0.356 e. The number of nitrogens with one attached hydrogen (secondary N) is 1. The van der Waals surface area contributed by atoms with E-state index in [-0.39, 0.29) is 11.6 Å². The predicted molar refractivity (Wildman–Crippen MR) is 76.4 cm³/mol. The number of rotatable bonds is 7. The van der Waals surface area contributed by atoms with Crippen LogP contribution in [-0.2, 0) is 16.3 Å².